The molecule has 0 aromatic heterocycles. The van der Waals surface area contributed by atoms with Gasteiger partial charge in [-0.05, 0) is 72.8 Å². The molecule has 5 aromatic carbocycles. The predicted octanol–water partition coefficient (Wildman–Crippen LogP) is 9.64. The highest BCUT2D eigenvalue weighted by Crippen LogP contribution is 2.39. The number of nitrogens with one attached hydrogen (secondary N) is 2. The summed E-state index contributed by atoms with van der Waals surface area (Å²) in [7, 11) is 0. The lowest BCUT2D eigenvalue weighted by Gasteiger charge is -2.14. The number of hydrogen-bond donors (Lipinski definition) is 2. The number of amides is 2. The smallest absolute Gasteiger partial charge is 0.257 e. The van der Waals surface area contributed by atoms with Gasteiger partial charge in [0.1, 0.15) is 11.5 Å². The average Bonchev–Trinajstić information content (AvgIpc) is 3.02. The highest BCUT2D eigenvalue weighted by Gasteiger charge is 2.29. The minimum atomic E-state index is -1.83. The molecule has 0 radical (unpaired) electrons. The molecule has 2 N–H and O–H groups in total. The first-order valence-corrected chi connectivity index (χ1v) is 13.4. The van der Waals surface area contributed by atoms with Crippen LogP contribution in [0.3, 0.4) is 0 Å². The Balaban J connectivity index is 1.28. The standard InChI is InChI=1S/C32H18Cl2F4N2O4/c33-23-7-3-1-5-21(23)31(41)39-17-9-13-19(14-10-17)43-29-25(35)27(37)30(28(38)26(29)36)44-20-15-11-18(12-16-20)40-32(42)22-6-2-4-8-24(22)34/h1-16H,(H,39,41)(H,40,42). The summed E-state index contributed by atoms with van der Waals surface area (Å²) in [6, 6.07) is 23.1. The van der Waals surface area contributed by atoms with E-state index in [1.54, 1.807) is 36.4 Å². The average molecular weight is 641 g/mol. The van der Waals surface area contributed by atoms with E-state index in [9.17, 15) is 27.2 Å². The van der Waals surface area contributed by atoms with Crippen LogP contribution in [-0.2, 0) is 0 Å². The van der Waals surface area contributed by atoms with Crippen LogP contribution in [0.2, 0.25) is 10.0 Å². The van der Waals surface area contributed by atoms with Crippen molar-refractivity contribution >= 4 is 46.4 Å². The second kappa shape index (κ2) is 13.1. The number of benzene rings is 5. The minimum absolute atomic E-state index is 0.180. The van der Waals surface area contributed by atoms with Crippen LogP contribution in [0.4, 0.5) is 28.9 Å². The maximum Gasteiger partial charge on any atom is 0.257 e. The molecular weight excluding hydrogens is 623 g/mol. The molecule has 12 heteroatoms. The van der Waals surface area contributed by atoms with Gasteiger partial charge in [0, 0.05) is 11.4 Å². The first-order chi connectivity index (χ1) is 21.1. The maximum absolute atomic E-state index is 14.9. The van der Waals surface area contributed by atoms with E-state index in [0.29, 0.717) is 11.4 Å². The maximum atomic E-state index is 14.9. The number of ether oxygens (including phenoxy) is 2. The van der Waals surface area contributed by atoms with E-state index in [4.69, 9.17) is 32.7 Å². The molecule has 0 aliphatic carbocycles. The van der Waals surface area contributed by atoms with Gasteiger partial charge in [0.05, 0.1) is 21.2 Å². The lowest BCUT2D eigenvalue weighted by atomic mass is 10.2. The van der Waals surface area contributed by atoms with Gasteiger partial charge in [-0.2, -0.15) is 17.6 Å². The molecule has 44 heavy (non-hydrogen) atoms. The molecule has 5 rings (SSSR count). The van der Waals surface area contributed by atoms with Crippen molar-refractivity contribution in [2.24, 2.45) is 0 Å². The zero-order chi connectivity index (χ0) is 31.4. The predicted molar refractivity (Wildman–Crippen MR) is 158 cm³/mol. The van der Waals surface area contributed by atoms with Crippen molar-refractivity contribution in [3.05, 3.63) is 142 Å². The molecule has 2 amide bonds. The van der Waals surface area contributed by atoms with E-state index in [0.717, 1.165) is 0 Å². The molecule has 222 valence electrons. The van der Waals surface area contributed by atoms with Crippen molar-refractivity contribution in [2.75, 3.05) is 10.6 Å². The van der Waals surface area contributed by atoms with Gasteiger partial charge in [-0.15, -0.1) is 0 Å². The Bertz CT molecular complexity index is 1710. The van der Waals surface area contributed by atoms with Gasteiger partial charge >= 0.3 is 0 Å². The van der Waals surface area contributed by atoms with Crippen molar-refractivity contribution in [1.29, 1.82) is 0 Å². The SMILES string of the molecule is O=C(Nc1ccc(Oc2c(F)c(F)c(Oc3ccc(NC(=O)c4ccccc4Cl)cc3)c(F)c2F)cc1)c1ccccc1Cl. The molecule has 0 saturated carbocycles. The topological polar surface area (TPSA) is 76.7 Å². The molecule has 6 nitrogen and oxygen atoms in total. The Labute approximate surface area is 257 Å². The Morgan fingerprint density at radius 1 is 0.500 bits per heavy atom. The number of anilines is 2. The van der Waals surface area contributed by atoms with Gasteiger partial charge in [-0.25, -0.2) is 0 Å². The molecule has 0 heterocycles. The molecule has 0 aliphatic rings. The Hall–Kier alpha value is -5.06. The summed E-state index contributed by atoms with van der Waals surface area (Å²) >= 11 is 12.0. The summed E-state index contributed by atoms with van der Waals surface area (Å²) in [4.78, 5) is 24.8. The minimum Gasteiger partial charge on any atom is -0.451 e. The van der Waals surface area contributed by atoms with E-state index in [1.165, 1.54) is 60.7 Å². The van der Waals surface area contributed by atoms with E-state index in [2.05, 4.69) is 10.6 Å². The van der Waals surface area contributed by atoms with Crippen LogP contribution in [0, 0.1) is 23.3 Å². The highest BCUT2D eigenvalue weighted by atomic mass is 35.5. The van der Waals surface area contributed by atoms with Gasteiger partial charge in [0.25, 0.3) is 11.8 Å². The number of carbonyl (C=O) groups is 2. The van der Waals surface area contributed by atoms with E-state index >= 15 is 0 Å². The highest BCUT2D eigenvalue weighted by molar-refractivity contribution is 6.34. The van der Waals surface area contributed by atoms with Crippen molar-refractivity contribution < 1.29 is 36.6 Å². The van der Waals surface area contributed by atoms with Gasteiger partial charge in [0.2, 0.25) is 34.8 Å². The van der Waals surface area contributed by atoms with Crippen LogP contribution in [0.1, 0.15) is 20.7 Å². The third kappa shape index (κ3) is 6.61. The Morgan fingerprint density at radius 2 is 0.818 bits per heavy atom. The molecule has 0 saturated heterocycles. The Morgan fingerprint density at radius 3 is 1.14 bits per heavy atom. The van der Waals surface area contributed by atoms with Gasteiger partial charge < -0.3 is 20.1 Å². The fourth-order valence-corrected chi connectivity index (χ4v) is 4.35. The summed E-state index contributed by atoms with van der Waals surface area (Å²) in [6.07, 6.45) is 0. The molecular formula is C32H18Cl2F4N2O4. The lowest BCUT2D eigenvalue weighted by Crippen LogP contribution is -2.12. The summed E-state index contributed by atoms with van der Waals surface area (Å²) in [5, 5.41) is 5.67. The monoisotopic (exact) mass is 640 g/mol. The number of halogens is 6. The molecule has 0 unspecified atom stereocenters. The van der Waals surface area contributed by atoms with Gasteiger partial charge in [-0.1, -0.05) is 47.5 Å². The molecule has 0 spiro atoms. The first kappa shape index (κ1) is 30.4. The zero-order valence-electron chi connectivity index (χ0n) is 22.1. The van der Waals surface area contributed by atoms with Crippen LogP contribution in [0.5, 0.6) is 23.0 Å². The van der Waals surface area contributed by atoms with Gasteiger partial charge in [0.15, 0.2) is 0 Å². The second-order valence-electron chi connectivity index (χ2n) is 9.03. The molecule has 0 bridgehead atoms. The molecule has 0 atom stereocenters. The molecule has 0 aliphatic heterocycles. The molecule has 0 fully saturated rings. The number of rotatable bonds is 8. The third-order valence-electron chi connectivity index (χ3n) is 6.08. The largest absolute Gasteiger partial charge is 0.451 e. The van der Waals surface area contributed by atoms with Crippen molar-refractivity contribution in [3.63, 3.8) is 0 Å². The second-order valence-corrected chi connectivity index (χ2v) is 9.85. The fourth-order valence-electron chi connectivity index (χ4n) is 3.91. The normalized spacial score (nSPS) is 10.7. The van der Waals surface area contributed by atoms with Crippen LogP contribution < -0.4 is 20.1 Å². The van der Waals surface area contributed by atoms with E-state index in [-0.39, 0.29) is 32.7 Å². The molecule has 5 aromatic rings. The number of carbonyl (C=O) groups excluding carboxylic acids is 2. The van der Waals surface area contributed by atoms with E-state index in [1.807, 2.05) is 0 Å². The lowest BCUT2D eigenvalue weighted by molar-refractivity contribution is 0.101. The van der Waals surface area contributed by atoms with Crippen LogP contribution >= 0.6 is 23.2 Å². The van der Waals surface area contributed by atoms with Crippen molar-refractivity contribution in [1.82, 2.24) is 0 Å². The van der Waals surface area contributed by atoms with Crippen LogP contribution in [0.15, 0.2) is 97.1 Å². The third-order valence-corrected chi connectivity index (χ3v) is 6.74. The zero-order valence-corrected chi connectivity index (χ0v) is 23.7. The fraction of sp³-hybridized carbons (Fsp3) is 0. The summed E-state index contributed by atoms with van der Waals surface area (Å²) in [6.45, 7) is 0. The quantitative estimate of drug-likeness (QED) is 0.131. The number of hydrogen-bond acceptors (Lipinski definition) is 4. The summed E-state index contributed by atoms with van der Waals surface area (Å²) < 4.78 is 69.6. The first-order valence-electron chi connectivity index (χ1n) is 12.7. The summed E-state index contributed by atoms with van der Waals surface area (Å²) in [5.41, 5.74) is 1.03. The van der Waals surface area contributed by atoms with Crippen LogP contribution in [0.25, 0.3) is 0 Å². The van der Waals surface area contributed by atoms with Crippen molar-refractivity contribution in [3.8, 4) is 23.0 Å². The van der Waals surface area contributed by atoms with E-state index < -0.39 is 46.6 Å². The summed E-state index contributed by atoms with van der Waals surface area (Å²) in [5.74, 6) is -11.4. The van der Waals surface area contributed by atoms with Crippen molar-refractivity contribution in [2.45, 2.75) is 0 Å². The van der Waals surface area contributed by atoms with Crippen LogP contribution in [-0.4, -0.2) is 11.8 Å². The van der Waals surface area contributed by atoms with Gasteiger partial charge in [-0.3, -0.25) is 9.59 Å². The Kier molecular flexibility index (Phi) is 9.03.